The van der Waals surface area contributed by atoms with Gasteiger partial charge in [0.05, 0.1) is 13.2 Å². The summed E-state index contributed by atoms with van der Waals surface area (Å²) in [5, 5.41) is 0. The maximum atomic E-state index is 13.7. The molecule has 0 bridgehead atoms. The number of halogens is 1. The van der Waals surface area contributed by atoms with Gasteiger partial charge < -0.3 is 15.2 Å². The molecule has 0 atom stereocenters. The third-order valence-corrected chi connectivity index (χ3v) is 2.89. The van der Waals surface area contributed by atoms with Crippen molar-refractivity contribution in [2.45, 2.75) is 25.4 Å². The summed E-state index contributed by atoms with van der Waals surface area (Å²) in [7, 11) is 0. The predicted molar refractivity (Wildman–Crippen MR) is 63.6 cm³/mol. The van der Waals surface area contributed by atoms with E-state index < -0.39 is 0 Å². The molecule has 0 radical (unpaired) electrons. The van der Waals surface area contributed by atoms with Crippen LogP contribution in [0.2, 0.25) is 0 Å². The largest absolute Gasteiger partial charge is 0.487 e. The molecule has 0 unspecified atom stereocenters. The second-order valence-electron chi connectivity index (χ2n) is 4.23. The Labute approximate surface area is 101 Å². The Bertz CT molecular complexity index is 364. The van der Waals surface area contributed by atoms with Gasteiger partial charge in [0, 0.05) is 12.8 Å². The second-order valence-corrected chi connectivity index (χ2v) is 4.23. The van der Waals surface area contributed by atoms with Crippen LogP contribution in [0.3, 0.4) is 0 Å². The zero-order valence-corrected chi connectivity index (χ0v) is 9.82. The monoisotopic (exact) mass is 239 g/mol. The van der Waals surface area contributed by atoms with Gasteiger partial charge in [0.25, 0.3) is 0 Å². The van der Waals surface area contributed by atoms with Crippen molar-refractivity contribution in [3.8, 4) is 5.75 Å². The summed E-state index contributed by atoms with van der Waals surface area (Å²) >= 11 is 0. The third-order valence-electron chi connectivity index (χ3n) is 2.89. The maximum absolute atomic E-state index is 13.7. The van der Waals surface area contributed by atoms with Crippen LogP contribution in [0.15, 0.2) is 18.2 Å². The average molecular weight is 239 g/mol. The lowest BCUT2D eigenvalue weighted by molar-refractivity contribution is 0.0240. The molecule has 4 heteroatoms. The van der Waals surface area contributed by atoms with Crippen molar-refractivity contribution in [2.24, 2.45) is 5.73 Å². The van der Waals surface area contributed by atoms with E-state index in [1.54, 1.807) is 6.07 Å². The van der Waals surface area contributed by atoms with Crippen molar-refractivity contribution in [1.82, 2.24) is 0 Å². The predicted octanol–water partition coefficient (Wildman–Crippen LogP) is 1.88. The van der Waals surface area contributed by atoms with Crippen LogP contribution in [0.4, 0.5) is 4.39 Å². The van der Waals surface area contributed by atoms with Crippen LogP contribution in [-0.2, 0) is 11.2 Å². The van der Waals surface area contributed by atoms with Gasteiger partial charge in [-0.05, 0) is 30.7 Å². The standard InChI is InChI=1S/C13H18FNO2/c14-12-9-10(3-6-15)1-2-13(12)17-11-4-7-16-8-5-11/h1-2,9,11H,3-8,15H2. The SMILES string of the molecule is NCCc1ccc(OC2CCOCC2)c(F)c1. The van der Waals surface area contributed by atoms with E-state index in [0.29, 0.717) is 31.9 Å². The highest BCUT2D eigenvalue weighted by Gasteiger charge is 2.17. The first kappa shape index (κ1) is 12.3. The summed E-state index contributed by atoms with van der Waals surface area (Å²) in [5.74, 6) is 0.0279. The average Bonchev–Trinajstić information content (AvgIpc) is 2.34. The second kappa shape index (κ2) is 5.98. The summed E-state index contributed by atoms with van der Waals surface area (Å²) < 4.78 is 24.6. The summed E-state index contributed by atoms with van der Waals surface area (Å²) in [6.07, 6.45) is 2.40. The van der Waals surface area contributed by atoms with Gasteiger partial charge in [0.1, 0.15) is 6.10 Å². The molecule has 0 spiro atoms. The van der Waals surface area contributed by atoms with Crippen molar-refractivity contribution in [3.05, 3.63) is 29.6 Å². The molecule has 1 aliphatic heterocycles. The first-order valence-corrected chi connectivity index (χ1v) is 6.02. The fourth-order valence-electron chi connectivity index (χ4n) is 1.94. The highest BCUT2D eigenvalue weighted by atomic mass is 19.1. The Hall–Kier alpha value is -1.13. The lowest BCUT2D eigenvalue weighted by Crippen LogP contribution is -2.26. The Morgan fingerprint density at radius 3 is 2.76 bits per heavy atom. The van der Waals surface area contributed by atoms with Crippen molar-refractivity contribution in [3.63, 3.8) is 0 Å². The molecular weight excluding hydrogens is 221 g/mol. The van der Waals surface area contributed by atoms with Gasteiger partial charge in [-0.15, -0.1) is 0 Å². The van der Waals surface area contributed by atoms with E-state index in [2.05, 4.69) is 0 Å². The normalized spacial score (nSPS) is 17.1. The van der Waals surface area contributed by atoms with Gasteiger partial charge in [-0.2, -0.15) is 0 Å². The van der Waals surface area contributed by atoms with Crippen LogP contribution >= 0.6 is 0 Å². The minimum atomic E-state index is -0.303. The molecule has 0 saturated carbocycles. The molecule has 3 nitrogen and oxygen atoms in total. The number of nitrogens with two attached hydrogens (primary N) is 1. The van der Waals surface area contributed by atoms with E-state index in [-0.39, 0.29) is 11.9 Å². The number of hydrogen-bond donors (Lipinski definition) is 1. The molecule has 1 aromatic rings. The molecule has 2 N–H and O–H groups in total. The molecule has 1 fully saturated rings. The van der Waals surface area contributed by atoms with E-state index in [1.807, 2.05) is 6.07 Å². The summed E-state index contributed by atoms with van der Waals surface area (Å²) in [5.41, 5.74) is 6.34. The van der Waals surface area contributed by atoms with Crippen molar-refractivity contribution < 1.29 is 13.9 Å². The Morgan fingerprint density at radius 1 is 1.35 bits per heavy atom. The number of benzene rings is 1. The highest BCUT2D eigenvalue weighted by molar-refractivity contribution is 5.29. The van der Waals surface area contributed by atoms with Crippen LogP contribution in [0, 0.1) is 5.82 Å². The fraction of sp³-hybridized carbons (Fsp3) is 0.538. The number of hydrogen-bond acceptors (Lipinski definition) is 3. The molecule has 94 valence electrons. The van der Waals surface area contributed by atoms with Crippen LogP contribution < -0.4 is 10.5 Å². The van der Waals surface area contributed by atoms with Gasteiger partial charge in [-0.25, -0.2) is 4.39 Å². The Balaban J connectivity index is 2.00. The van der Waals surface area contributed by atoms with Crippen molar-refractivity contribution >= 4 is 0 Å². The highest BCUT2D eigenvalue weighted by Crippen LogP contribution is 2.22. The van der Waals surface area contributed by atoms with Gasteiger partial charge in [-0.3, -0.25) is 0 Å². The van der Waals surface area contributed by atoms with E-state index >= 15 is 0 Å². The first-order valence-electron chi connectivity index (χ1n) is 6.02. The van der Waals surface area contributed by atoms with E-state index in [4.69, 9.17) is 15.2 Å². The Morgan fingerprint density at radius 2 is 2.12 bits per heavy atom. The maximum Gasteiger partial charge on any atom is 0.165 e. The van der Waals surface area contributed by atoms with Gasteiger partial charge in [0.2, 0.25) is 0 Å². The fourth-order valence-corrected chi connectivity index (χ4v) is 1.94. The lowest BCUT2D eigenvalue weighted by Gasteiger charge is -2.23. The van der Waals surface area contributed by atoms with E-state index in [1.165, 1.54) is 6.07 Å². The molecule has 1 aliphatic rings. The molecule has 2 rings (SSSR count). The molecule has 0 aromatic heterocycles. The molecule has 1 saturated heterocycles. The molecule has 1 heterocycles. The lowest BCUT2D eigenvalue weighted by atomic mass is 10.1. The molecule has 1 aromatic carbocycles. The van der Waals surface area contributed by atoms with Gasteiger partial charge in [-0.1, -0.05) is 6.07 Å². The summed E-state index contributed by atoms with van der Waals surface area (Å²) in [6.45, 7) is 1.91. The summed E-state index contributed by atoms with van der Waals surface area (Å²) in [4.78, 5) is 0. The summed E-state index contributed by atoms with van der Waals surface area (Å²) in [6, 6.07) is 5.06. The van der Waals surface area contributed by atoms with Crippen LogP contribution in [0.5, 0.6) is 5.75 Å². The molecule has 0 amide bonds. The molecule has 0 aliphatic carbocycles. The smallest absolute Gasteiger partial charge is 0.165 e. The Kier molecular flexibility index (Phi) is 4.34. The topological polar surface area (TPSA) is 44.5 Å². The van der Waals surface area contributed by atoms with Crippen molar-refractivity contribution in [2.75, 3.05) is 19.8 Å². The van der Waals surface area contributed by atoms with E-state index in [9.17, 15) is 4.39 Å². The van der Waals surface area contributed by atoms with Crippen LogP contribution in [0.1, 0.15) is 18.4 Å². The molecule has 17 heavy (non-hydrogen) atoms. The number of ether oxygens (including phenoxy) is 2. The first-order chi connectivity index (χ1) is 8.29. The van der Waals surface area contributed by atoms with Crippen LogP contribution in [0.25, 0.3) is 0 Å². The van der Waals surface area contributed by atoms with Gasteiger partial charge in [0.15, 0.2) is 11.6 Å². The zero-order valence-electron chi connectivity index (χ0n) is 9.82. The van der Waals surface area contributed by atoms with Crippen LogP contribution in [-0.4, -0.2) is 25.9 Å². The van der Waals surface area contributed by atoms with Gasteiger partial charge >= 0.3 is 0 Å². The minimum Gasteiger partial charge on any atom is -0.487 e. The quantitative estimate of drug-likeness (QED) is 0.872. The van der Waals surface area contributed by atoms with E-state index in [0.717, 1.165) is 18.4 Å². The zero-order chi connectivity index (χ0) is 12.1. The van der Waals surface area contributed by atoms with Crippen molar-refractivity contribution in [1.29, 1.82) is 0 Å². The third kappa shape index (κ3) is 3.41. The molecular formula is C13H18FNO2. The number of rotatable bonds is 4. The minimum absolute atomic E-state index is 0.0682.